The zero-order valence-electron chi connectivity index (χ0n) is 14.1. The van der Waals surface area contributed by atoms with Crippen LogP contribution in [0.25, 0.3) is 0 Å². The van der Waals surface area contributed by atoms with Crippen molar-refractivity contribution in [1.82, 2.24) is 0 Å². The van der Waals surface area contributed by atoms with Crippen LogP contribution in [0.15, 0.2) is 12.1 Å². The van der Waals surface area contributed by atoms with E-state index in [2.05, 4.69) is 5.32 Å². The minimum absolute atomic E-state index is 0.0665. The normalized spacial score (nSPS) is 25.3. The summed E-state index contributed by atoms with van der Waals surface area (Å²) in [6.45, 7) is 0. The Kier molecular flexibility index (Phi) is 4.64. The Hall–Kier alpha value is -1.91. The van der Waals surface area contributed by atoms with Crippen molar-refractivity contribution in [3.05, 3.63) is 12.1 Å². The Balaban J connectivity index is 1.68. The van der Waals surface area contributed by atoms with E-state index in [4.69, 9.17) is 14.2 Å². The van der Waals surface area contributed by atoms with Crippen molar-refractivity contribution in [1.29, 1.82) is 0 Å². The first-order chi connectivity index (χ1) is 11.1. The summed E-state index contributed by atoms with van der Waals surface area (Å²) in [5.41, 5.74) is 0.674. The number of amides is 1. The number of methoxy groups -OCH3 is 3. The maximum Gasteiger partial charge on any atom is 0.224 e. The molecule has 23 heavy (non-hydrogen) atoms. The molecule has 3 rings (SSSR count). The molecule has 2 saturated carbocycles. The van der Waals surface area contributed by atoms with Gasteiger partial charge in [0.15, 0.2) is 11.5 Å². The molecule has 2 aliphatic rings. The molecule has 1 aromatic carbocycles. The molecule has 0 unspecified atom stereocenters. The second-order valence-corrected chi connectivity index (χ2v) is 6.60. The molecule has 1 N–H and O–H groups in total. The van der Waals surface area contributed by atoms with Gasteiger partial charge in [0.05, 0.1) is 21.3 Å². The van der Waals surface area contributed by atoms with E-state index in [1.165, 1.54) is 25.7 Å². The Morgan fingerprint density at radius 1 is 1.09 bits per heavy atom. The van der Waals surface area contributed by atoms with E-state index in [1.54, 1.807) is 33.5 Å². The van der Waals surface area contributed by atoms with Gasteiger partial charge < -0.3 is 19.5 Å². The van der Waals surface area contributed by atoms with Crippen molar-refractivity contribution in [2.45, 2.75) is 32.1 Å². The first kappa shape index (κ1) is 16.0. The molecule has 0 saturated heterocycles. The zero-order valence-corrected chi connectivity index (χ0v) is 14.1. The summed E-state index contributed by atoms with van der Waals surface area (Å²) in [6.07, 6.45) is 5.80. The molecule has 0 radical (unpaired) electrons. The van der Waals surface area contributed by atoms with Crippen molar-refractivity contribution in [2.75, 3.05) is 26.6 Å². The van der Waals surface area contributed by atoms with E-state index in [-0.39, 0.29) is 5.91 Å². The topological polar surface area (TPSA) is 56.8 Å². The summed E-state index contributed by atoms with van der Waals surface area (Å²) >= 11 is 0. The van der Waals surface area contributed by atoms with E-state index < -0.39 is 0 Å². The van der Waals surface area contributed by atoms with Crippen LogP contribution in [-0.4, -0.2) is 27.2 Å². The molecule has 1 amide bonds. The average Bonchev–Trinajstić information content (AvgIpc) is 3.16. The molecule has 0 heterocycles. The van der Waals surface area contributed by atoms with Gasteiger partial charge in [-0.25, -0.2) is 0 Å². The fraction of sp³-hybridized carbons (Fsp3) is 0.611. The maximum atomic E-state index is 12.4. The van der Waals surface area contributed by atoms with Crippen LogP contribution in [0.1, 0.15) is 32.1 Å². The smallest absolute Gasteiger partial charge is 0.224 e. The number of carbonyl (C=O) groups is 1. The summed E-state index contributed by atoms with van der Waals surface area (Å²) in [4.78, 5) is 12.4. The first-order valence-corrected chi connectivity index (χ1v) is 8.24. The lowest BCUT2D eigenvalue weighted by Gasteiger charge is -2.21. The number of ether oxygens (including phenoxy) is 3. The van der Waals surface area contributed by atoms with Gasteiger partial charge in [-0.2, -0.15) is 0 Å². The van der Waals surface area contributed by atoms with E-state index in [0.717, 1.165) is 11.8 Å². The fourth-order valence-electron chi connectivity index (χ4n) is 4.23. The highest BCUT2D eigenvalue weighted by Crippen LogP contribution is 2.49. The number of anilines is 1. The van der Waals surface area contributed by atoms with Crippen LogP contribution in [0.2, 0.25) is 0 Å². The van der Waals surface area contributed by atoms with Crippen LogP contribution in [-0.2, 0) is 4.79 Å². The second kappa shape index (κ2) is 6.69. The van der Waals surface area contributed by atoms with Crippen LogP contribution in [0.5, 0.6) is 17.2 Å². The second-order valence-electron chi connectivity index (χ2n) is 6.60. The highest BCUT2D eigenvalue weighted by molar-refractivity contribution is 5.91. The van der Waals surface area contributed by atoms with Crippen molar-refractivity contribution in [3.63, 3.8) is 0 Å². The molecule has 0 spiro atoms. The summed E-state index contributed by atoms with van der Waals surface area (Å²) in [7, 11) is 4.70. The standard InChI is InChI=1S/C18H25NO4/c1-21-15-9-14(10-16(22-2)18(15)23-3)19-17(20)8-13-7-11-4-5-12(13)6-11/h9-13H,4-8H2,1-3H3,(H,19,20)/t11-,12-,13-/m1/s1. The third kappa shape index (κ3) is 3.23. The molecule has 2 bridgehead atoms. The Bertz CT molecular complexity index is 561. The Morgan fingerprint density at radius 3 is 2.26 bits per heavy atom. The number of fused-ring (bicyclic) bond motifs is 2. The lowest BCUT2D eigenvalue weighted by Crippen LogP contribution is -2.20. The lowest BCUT2D eigenvalue weighted by atomic mass is 9.86. The van der Waals surface area contributed by atoms with Crippen LogP contribution >= 0.6 is 0 Å². The van der Waals surface area contributed by atoms with Crippen LogP contribution < -0.4 is 19.5 Å². The third-order valence-corrected chi connectivity index (χ3v) is 5.28. The number of hydrogen-bond donors (Lipinski definition) is 1. The predicted octanol–water partition coefficient (Wildman–Crippen LogP) is 3.48. The van der Waals surface area contributed by atoms with Crippen LogP contribution in [0, 0.1) is 17.8 Å². The van der Waals surface area contributed by atoms with E-state index in [9.17, 15) is 4.79 Å². The molecule has 0 aromatic heterocycles. The van der Waals surface area contributed by atoms with E-state index in [0.29, 0.717) is 35.3 Å². The number of rotatable bonds is 6. The van der Waals surface area contributed by atoms with Crippen molar-refractivity contribution < 1.29 is 19.0 Å². The third-order valence-electron chi connectivity index (χ3n) is 5.28. The first-order valence-electron chi connectivity index (χ1n) is 8.24. The molecule has 1 aromatic rings. The van der Waals surface area contributed by atoms with E-state index >= 15 is 0 Å². The van der Waals surface area contributed by atoms with Crippen LogP contribution in [0.3, 0.4) is 0 Å². The molecule has 2 fully saturated rings. The van der Waals surface area contributed by atoms with Gasteiger partial charge in [-0.1, -0.05) is 6.42 Å². The SMILES string of the molecule is COc1cc(NC(=O)C[C@H]2C[C@@H]3CC[C@@H]2C3)cc(OC)c1OC. The largest absolute Gasteiger partial charge is 0.493 e. The molecule has 5 nitrogen and oxygen atoms in total. The van der Waals surface area contributed by atoms with E-state index in [1.807, 2.05) is 0 Å². The number of hydrogen-bond acceptors (Lipinski definition) is 4. The summed E-state index contributed by atoms with van der Waals surface area (Å²) in [6, 6.07) is 3.53. The summed E-state index contributed by atoms with van der Waals surface area (Å²) in [5, 5.41) is 2.97. The van der Waals surface area contributed by atoms with Gasteiger partial charge in [-0.15, -0.1) is 0 Å². The van der Waals surface area contributed by atoms with Crippen molar-refractivity contribution in [3.8, 4) is 17.2 Å². The maximum absolute atomic E-state index is 12.4. The van der Waals surface area contributed by atoms with Crippen LogP contribution in [0.4, 0.5) is 5.69 Å². The van der Waals surface area contributed by atoms with Gasteiger partial charge >= 0.3 is 0 Å². The predicted molar refractivity (Wildman–Crippen MR) is 88.3 cm³/mol. The highest BCUT2D eigenvalue weighted by Gasteiger charge is 2.40. The molecular formula is C18H25NO4. The molecule has 0 aliphatic heterocycles. The lowest BCUT2D eigenvalue weighted by molar-refractivity contribution is -0.117. The fourth-order valence-corrected chi connectivity index (χ4v) is 4.23. The summed E-state index contributed by atoms with van der Waals surface area (Å²) in [5.74, 6) is 3.85. The number of benzene rings is 1. The average molecular weight is 319 g/mol. The van der Waals surface area contributed by atoms with Gasteiger partial charge in [0.2, 0.25) is 11.7 Å². The van der Waals surface area contributed by atoms with Crippen molar-refractivity contribution >= 4 is 11.6 Å². The molecular weight excluding hydrogens is 294 g/mol. The van der Waals surface area contributed by atoms with Crippen molar-refractivity contribution in [2.24, 2.45) is 17.8 Å². The quantitative estimate of drug-likeness (QED) is 0.872. The minimum atomic E-state index is 0.0665. The zero-order chi connectivity index (χ0) is 16.4. The Morgan fingerprint density at radius 2 is 1.78 bits per heavy atom. The Labute approximate surface area is 137 Å². The summed E-state index contributed by atoms with van der Waals surface area (Å²) < 4.78 is 15.9. The monoisotopic (exact) mass is 319 g/mol. The highest BCUT2D eigenvalue weighted by atomic mass is 16.5. The number of nitrogens with one attached hydrogen (secondary N) is 1. The molecule has 3 atom stereocenters. The van der Waals surface area contributed by atoms with Gasteiger partial charge in [-0.3, -0.25) is 4.79 Å². The molecule has 5 heteroatoms. The minimum Gasteiger partial charge on any atom is -0.493 e. The van der Waals surface area contributed by atoms with Gasteiger partial charge in [0.25, 0.3) is 0 Å². The van der Waals surface area contributed by atoms with Gasteiger partial charge in [0.1, 0.15) is 0 Å². The molecule has 126 valence electrons. The van der Waals surface area contributed by atoms with Gasteiger partial charge in [0, 0.05) is 24.2 Å². The number of carbonyl (C=O) groups excluding carboxylic acids is 1. The van der Waals surface area contributed by atoms with Gasteiger partial charge in [-0.05, 0) is 37.0 Å². The molecule has 2 aliphatic carbocycles.